The summed E-state index contributed by atoms with van der Waals surface area (Å²) >= 11 is 0. The Morgan fingerprint density at radius 1 is 0.193 bits per heavy atom. The summed E-state index contributed by atoms with van der Waals surface area (Å²) in [6, 6.07) is 108. The molecule has 0 aliphatic heterocycles. The molecular formula is C80H47N3. The quantitative estimate of drug-likeness (QED) is 0.168. The summed E-state index contributed by atoms with van der Waals surface area (Å²) in [6.07, 6.45) is 0. The number of rotatable bonds is 3. The minimum atomic E-state index is -0.453. The molecule has 382 valence electrons. The third kappa shape index (κ3) is 5.16. The third-order valence-electron chi connectivity index (χ3n) is 19.9. The highest BCUT2D eigenvalue weighted by Gasteiger charge is 2.53. The van der Waals surface area contributed by atoms with Crippen molar-refractivity contribution in [3.05, 3.63) is 330 Å². The topological polar surface area (TPSA) is 14.8 Å². The summed E-state index contributed by atoms with van der Waals surface area (Å²) in [5.41, 5.74) is 30.9. The SMILES string of the molecule is c1ccc(-n2c3c(ccc4c3c3ccccc3n4-c3ccc4c(c3)C3(c5ccccc5-c5ccccc53)c3ccccc3-4)c3ccc4c(c5ccccc5n4-c4ccc5c(c4)C4(c6ccccc6-c6ccccc64)c4ccccc4-5)c32)cc1. The lowest BCUT2D eigenvalue weighted by atomic mass is 9.70. The van der Waals surface area contributed by atoms with E-state index in [1.54, 1.807) is 0 Å². The van der Waals surface area contributed by atoms with Gasteiger partial charge in [-0.2, -0.15) is 0 Å². The predicted molar refractivity (Wildman–Crippen MR) is 342 cm³/mol. The first-order valence-electron chi connectivity index (χ1n) is 29.1. The smallest absolute Gasteiger partial charge is 0.0726 e. The lowest BCUT2D eigenvalue weighted by Crippen LogP contribution is -2.26. The van der Waals surface area contributed by atoms with E-state index in [9.17, 15) is 0 Å². The molecular weight excluding hydrogens is 1000 g/mol. The van der Waals surface area contributed by atoms with Gasteiger partial charge in [0.25, 0.3) is 0 Å². The molecule has 20 rings (SSSR count). The highest BCUT2D eigenvalue weighted by atomic mass is 15.0. The fourth-order valence-corrected chi connectivity index (χ4v) is 16.9. The van der Waals surface area contributed by atoms with E-state index in [-0.39, 0.29) is 0 Å². The zero-order valence-corrected chi connectivity index (χ0v) is 45.0. The maximum absolute atomic E-state index is 2.60. The Morgan fingerprint density at radius 2 is 0.506 bits per heavy atom. The van der Waals surface area contributed by atoms with Gasteiger partial charge in [0, 0.05) is 49.4 Å². The lowest BCUT2D eigenvalue weighted by Gasteiger charge is -2.30. The molecule has 4 aliphatic rings. The summed E-state index contributed by atoms with van der Waals surface area (Å²) in [4.78, 5) is 0. The van der Waals surface area contributed by atoms with Crippen molar-refractivity contribution in [3.63, 3.8) is 0 Å². The van der Waals surface area contributed by atoms with E-state index in [2.05, 4.69) is 299 Å². The zero-order valence-electron chi connectivity index (χ0n) is 45.0. The number of hydrogen-bond acceptors (Lipinski definition) is 0. The predicted octanol–water partition coefficient (Wildman–Crippen LogP) is 19.7. The van der Waals surface area contributed by atoms with Crippen molar-refractivity contribution in [2.75, 3.05) is 0 Å². The second-order valence-electron chi connectivity index (χ2n) is 23.3. The Balaban J connectivity index is 0.862. The number of hydrogen-bond donors (Lipinski definition) is 0. The molecule has 0 radical (unpaired) electrons. The molecule has 3 nitrogen and oxygen atoms in total. The zero-order chi connectivity index (χ0) is 53.9. The Bertz CT molecular complexity index is 5130. The van der Waals surface area contributed by atoms with Gasteiger partial charge in [-0.3, -0.25) is 0 Å². The average molecular weight is 1050 g/mol. The number of para-hydroxylation sites is 3. The van der Waals surface area contributed by atoms with Crippen molar-refractivity contribution in [3.8, 4) is 61.6 Å². The molecule has 2 spiro atoms. The molecule has 83 heavy (non-hydrogen) atoms. The van der Waals surface area contributed by atoms with Crippen molar-refractivity contribution < 1.29 is 0 Å². The van der Waals surface area contributed by atoms with E-state index in [1.165, 1.54) is 154 Å². The van der Waals surface area contributed by atoms with Crippen LogP contribution in [0.4, 0.5) is 0 Å². The maximum atomic E-state index is 2.60. The van der Waals surface area contributed by atoms with Crippen LogP contribution in [-0.4, -0.2) is 13.7 Å². The maximum Gasteiger partial charge on any atom is 0.0726 e. The average Bonchev–Trinajstić information content (AvgIpc) is 1.65. The highest BCUT2D eigenvalue weighted by Crippen LogP contribution is 2.65. The van der Waals surface area contributed by atoms with E-state index in [1.807, 2.05) is 0 Å². The van der Waals surface area contributed by atoms with Crippen molar-refractivity contribution in [2.45, 2.75) is 10.8 Å². The lowest BCUT2D eigenvalue weighted by molar-refractivity contribution is 0.792. The number of fused-ring (bicyclic) bond motifs is 31. The molecule has 3 heterocycles. The van der Waals surface area contributed by atoms with Gasteiger partial charge in [0.05, 0.1) is 43.9 Å². The van der Waals surface area contributed by atoms with Gasteiger partial charge in [0.15, 0.2) is 0 Å². The van der Waals surface area contributed by atoms with E-state index in [4.69, 9.17) is 0 Å². The molecule has 0 saturated heterocycles. The van der Waals surface area contributed by atoms with Gasteiger partial charge in [-0.25, -0.2) is 0 Å². The van der Waals surface area contributed by atoms with Crippen LogP contribution in [0.5, 0.6) is 0 Å². The van der Waals surface area contributed by atoms with Gasteiger partial charge in [-0.15, -0.1) is 0 Å². The van der Waals surface area contributed by atoms with Gasteiger partial charge >= 0.3 is 0 Å². The second-order valence-corrected chi connectivity index (χ2v) is 23.3. The monoisotopic (exact) mass is 1050 g/mol. The van der Waals surface area contributed by atoms with Gasteiger partial charge in [0.1, 0.15) is 0 Å². The van der Waals surface area contributed by atoms with Crippen LogP contribution in [0.1, 0.15) is 44.5 Å². The summed E-state index contributed by atoms with van der Waals surface area (Å²) in [6.45, 7) is 0. The van der Waals surface area contributed by atoms with Crippen LogP contribution in [0.2, 0.25) is 0 Å². The fraction of sp³-hybridized carbons (Fsp3) is 0.0250. The second kappa shape index (κ2) is 15.6. The van der Waals surface area contributed by atoms with Crippen molar-refractivity contribution in [1.29, 1.82) is 0 Å². The molecule has 13 aromatic carbocycles. The Morgan fingerprint density at radius 3 is 0.880 bits per heavy atom. The molecule has 0 amide bonds. The molecule has 0 bridgehead atoms. The first-order chi connectivity index (χ1) is 41.2. The van der Waals surface area contributed by atoms with Crippen LogP contribution in [0.25, 0.3) is 127 Å². The standard InChI is InChI=1S/C80H47N3/c1-2-20-48(21-3-1)83-77-59(42-44-73-75(77)61-28-10-18-36-71(61)81(73)49-38-40-57-55-26-8-16-34-67(55)79(69(57)46-49)63-30-12-4-22-51(63)52-23-5-13-31-64(52)79)60-43-45-74-76(78(60)83)62-29-11-19-37-72(62)82(74)50-39-41-58-56-27-9-17-35-68(56)80(70(58)47-50)65-32-14-6-24-53(65)54-25-7-15-33-66(54)80/h1-47H. The molecule has 16 aromatic rings. The van der Waals surface area contributed by atoms with Gasteiger partial charge in [-0.1, -0.05) is 224 Å². The molecule has 0 fully saturated rings. The fourth-order valence-electron chi connectivity index (χ4n) is 16.9. The molecule has 3 aromatic heterocycles. The van der Waals surface area contributed by atoms with E-state index in [0.29, 0.717) is 0 Å². The van der Waals surface area contributed by atoms with Gasteiger partial charge in [-0.05, 0) is 150 Å². The van der Waals surface area contributed by atoms with E-state index >= 15 is 0 Å². The Hall–Kier alpha value is -10.7. The molecule has 0 saturated carbocycles. The minimum Gasteiger partial charge on any atom is -0.309 e. The summed E-state index contributed by atoms with van der Waals surface area (Å²) < 4.78 is 7.69. The molecule has 0 unspecified atom stereocenters. The van der Waals surface area contributed by atoms with Crippen molar-refractivity contribution >= 4 is 65.4 Å². The van der Waals surface area contributed by atoms with E-state index in [0.717, 1.165) is 17.1 Å². The van der Waals surface area contributed by atoms with Gasteiger partial charge in [0.2, 0.25) is 0 Å². The Labute approximate surface area is 478 Å². The number of benzene rings is 13. The number of nitrogens with zero attached hydrogens (tertiary/aromatic N) is 3. The van der Waals surface area contributed by atoms with Crippen LogP contribution in [0.15, 0.2) is 285 Å². The van der Waals surface area contributed by atoms with Crippen LogP contribution in [0, 0.1) is 0 Å². The minimum absolute atomic E-state index is 0.453. The third-order valence-corrected chi connectivity index (χ3v) is 19.9. The van der Waals surface area contributed by atoms with E-state index < -0.39 is 10.8 Å². The van der Waals surface area contributed by atoms with Crippen LogP contribution < -0.4 is 0 Å². The largest absolute Gasteiger partial charge is 0.309 e. The Kier molecular flexibility index (Phi) is 8.27. The normalized spacial score (nSPS) is 14.2. The van der Waals surface area contributed by atoms with Crippen LogP contribution in [-0.2, 0) is 10.8 Å². The van der Waals surface area contributed by atoms with Crippen molar-refractivity contribution in [2.24, 2.45) is 0 Å². The molecule has 4 aliphatic carbocycles. The number of aromatic nitrogens is 3. The first kappa shape index (κ1) is 44.1. The van der Waals surface area contributed by atoms with Crippen LogP contribution >= 0.6 is 0 Å². The van der Waals surface area contributed by atoms with Gasteiger partial charge < -0.3 is 13.7 Å². The van der Waals surface area contributed by atoms with Crippen LogP contribution in [0.3, 0.4) is 0 Å². The first-order valence-corrected chi connectivity index (χ1v) is 29.1. The molecule has 3 heteroatoms. The highest BCUT2D eigenvalue weighted by molar-refractivity contribution is 6.31. The molecule has 0 N–H and O–H groups in total. The summed E-state index contributed by atoms with van der Waals surface area (Å²) in [5.74, 6) is 0. The molecule has 0 atom stereocenters. The van der Waals surface area contributed by atoms with Crippen molar-refractivity contribution in [1.82, 2.24) is 13.7 Å². The summed E-state index contributed by atoms with van der Waals surface area (Å²) in [7, 11) is 0. The summed E-state index contributed by atoms with van der Waals surface area (Å²) in [5, 5.41) is 7.40.